The summed E-state index contributed by atoms with van der Waals surface area (Å²) in [6, 6.07) is 3.92. The van der Waals surface area contributed by atoms with E-state index in [-0.39, 0.29) is 13.2 Å². The summed E-state index contributed by atoms with van der Waals surface area (Å²) in [4.78, 5) is 13.7. The van der Waals surface area contributed by atoms with Crippen molar-refractivity contribution in [2.45, 2.75) is 20.8 Å². The molecule has 4 heteroatoms. The number of ketones is 1. The van der Waals surface area contributed by atoms with Crippen LogP contribution in [0.25, 0.3) is 0 Å². The molecule has 2 nitrogen and oxygen atoms in total. The minimum absolute atomic E-state index is 0. The minimum Gasteiger partial charge on any atom is -0.315 e. The number of carbonyl (C=O) groups excluding carboxylic acids is 1. The predicted octanol–water partition coefficient (Wildman–Crippen LogP) is 3.22. The lowest BCUT2D eigenvalue weighted by molar-refractivity contribution is 0.0986. The molecule has 0 unspecified atom stereocenters. The van der Waals surface area contributed by atoms with Crippen molar-refractivity contribution in [2.75, 3.05) is 25.1 Å². The largest absolute Gasteiger partial charge is 0.315 e. The summed E-state index contributed by atoms with van der Waals surface area (Å²) in [6.07, 6.45) is 2.69. The Bertz CT molecular complexity index is 310. The maximum atomic E-state index is 11.7. The third-order valence-corrected chi connectivity index (χ3v) is 3.68. The number of thiophene rings is 1. The van der Waals surface area contributed by atoms with Crippen molar-refractivity contribution in [3.8, 4) is 0 Å². The fourth-order valence-corrected chi connectivity index (χ4v) is 2.39. The first-order chi connectivity index (χ1) is 7.24. The van der Waals surface area contributed by atoms with Crippen molar-refractivity contribution in [3.05, 3.63) is 21.9 Å². The second kappa shape index (κ2) is 8.79. The lowest BCUT2D eigenvalue weighted by atomic mass is 10.2. The maximum Gasteiger partial charge on any atom is 0.174 e. The average molecular weight is 259 g/mol. The highest BCUT2D eigenvalue weighted by molar-refractivity contribution is 7.98. The molecule has 0 aliphatic rings. The second-order valence-corrected chi connectivity index (χ2v) is 5.60. The van der Waals surface area contributed by atoms with Crippen LogP contribution >= 0.6 is 23.1 Å². The number of hydrogen-bond donors (Lipinski definition) is 1. The molecule has 1 heterocycles. The Kier molecular flexibility index (Phi) is 8.61. The van der Waals surface area contributed by atoms with Gasteiger partial charge < -0.3 is 5.32 Å². The topological polar surface area (TPSA) is 29.1 Å². The summed E-state index contributed by atoms with van der Waals surface area (Å²) in [6.45, 7) is 3.80. The Morgan fingerprint density at radius 3 is 2.75 bits per heavy atom. The fourth-order valence-electron chi connectivity index (χ4n) is 1.21. The van der Waals surface area contributed by atoms with Crippen molar-refractivity contribution >= 4 is 28.9 Å². The number of rotatable bonds is 7. The van der Waals surface area contributed by atoms with Crippen LogP contribution in [-0.4, -0.2) is 30.9 Å². The SMILES string of the molecule is C.CSCCNCCC(=O)c1ccc(C)s1. The van der Waals surface area contributed by atoms with E-state index >= 15 is 0 Å². The molecule has 92 valence electrons. The number of thioether (sulfide) groups is 1. The second-order valence-electron chi connectivity index (χ2n) is 3.33. The summed E-state index contributed by atoms with van der Waals surface area (Å²) in [5.74, 6) is 1.36. The van der Waals surface area contributed by atoms with Crippen LogP contribution in [0.5, 0.6) is 0 Å². The van der Waals surface area contributed by atoms with Crippen molar-refractivity contribution in [3.63, 3.8) is 0 Å². The van der Waals surface area contributed by atoms with Gasteiger partial charge in [0.15, 0.2) is 5.78 Å². The summed E-state index contributed by atoms with van der Waals surface area (Å²) in [5, 5.41) is 3.26. The van der Waals surface area contributed by atoms with E-state index < -0.39 is 0 Å². The zero-order chi connectivity index (χ0) is 11.1. The van der Waals surface area contributed by atoms with Crippen LogP contribution in [0, 0.1) is 6.92 Å². The molecular formula is C12H21NOS2. The highest BCUT2D eigenvalue weighted by Crippen LogP contribution is 2.16. The van der Waals surface area contributed by atoms with Gasteiger partial charge in [0.25, 0.3) is 0 Å². The molecule has 0 atom stereocenters. The van der Waals surface area contributed by atoms with Gasteiger partial charge in [-0.2, -0.15) is 11.8 Å². The van der Waals surface area contributed by atoms with E-state index in [1.807, 2.05) is 30.8 Å². The van der Waals surface area contributed by atoms with Gasteiger partial charge in [0, 0.05) is 30.1 Å². The molecule has 0 spiro atoms. The maximum absolute atomic E-state index is 11.7. The van der Waals surface area contributed by atoms with E-state index in [0.717, 1.165) is 23.7 Å². The third kappa shape index (κ3) is 5.68. The lowest BCUT2D eigenvalue weighted by Gasteiger charge is -2.01. The Labute approximate surface area is 107 Å². The van der Waals surface area contributed by atoms with Gasteiger partial charge in [-0.3, -0.25) is 4.79 Å². The van der Waals surface area contributed by atoms with Gasteiger partial charge in [0.05, 0.1) is 4.88 Å². The van der Waals surface area contributed by atoms with Gasteiger partial charge in [0.2, 0.25) is 0 Å². The molecule has 1 N–H and O–H groups in total. The Morgan fingerprint density at radius 1 is 1.44 bits per heavy atom. The predicted molar refractivity (Wildman–Crippen MR) is 76.0 cm³/mol. The van der Waals surface area contributed by atoms with E-state index in [2.05, 4.69) is 11.6 Å². The lowest BCUT2D eigenvalue weighted by Crippen LogP contribution is -2.20. The van der Waals surface area contributed by atoms with Gasteiger partial charge in [-0.15, -0.1) is 11.3 Å². The first kappa shape index (κ1) is 15.7. The minimum atomic E-state index is 0. The molecule has 0 aromatic carbocycles. The fraction of sp³-hybridized carbons (Fsp3) is 0.583. The van der Waals surface area contributed by atoms with Crippen LogP contribution in [0.2, 0.25) is 0 Å². The van der Waals surface area contributed by atoms with Gasteiger partial charge in [-0.05, 0) is 25.3 Å². The van der Waals surface area contributed by atoms with Crippen LogP contribution in [0.15, 0.2) is 12.1 Å². The molecule has 0 radical (unpaired) electrons. The van der Waals surface area contributed by atoms with E-state index in [1.54, 1.807) is 11.3 Å². The zero-order valence-electron chi connectivity index (χ0n) is 9.21. The van der Waals surface area contributed by atoms with Gasteiger partial charge >= 0.3 is 0 Å². The standard InChI is InChI=1S/C11H17NOS2.CH4/c1-9-3-4-11(15-9)10(13)5-6-12-7-8-14-2;/h3-4,12H,5-8H2,1-2H3;1H4. The van der Waals surface area contributed by atoms with E-state index in [1.165, 1.54) is 4.88 Å². The summed E-state index contributed by atoms with van der Waals surface area (Å²) in [5.41, 5.74) is 0. The highest BCUT2D eigenvalue weighted by atomic mass is 32.2. The van der Waals surface area contributed by atoms with Crippen LogP contribution in [0.4, 0.5) is 0 Å². The van der Waals surface area contributed by atoms with Gasteiger partial charge in [0.1, 0.15) is 0 Å². The molecule has 0 fully saturated rings. The Hall–Kier alpha value is -0.320. The normalized spacial score (nSPS) is 9.88. The number of Topliss-reactive ketones (excluding diaryl/α,β-unsaturated/α-hetero) is 1. The molecule has 0 saturated carbocycles. The summed E-state index contributed by atoms with van der Waals surface area (Å²) in [7, 11) is 0. The molecule has 0 aliphatic heterocycles. The molecule has 0 aliphatic carbocycles. The van der Waals surface area contributed by atoms with Crippen LogP contribution < -0.4 is 5.32 Å². The van der Waals surface area contributed by atoms with Crippen molar-refractivity contribution < 1.29 is 4.79 Å². The van der Waals surface area contributed by atoms with E-state index in [9.17, 15) is 4.79 Å². The molecule has 1 aromatic heterocycles. The quantitative estimate of drug-likeness (QED) is 0.602. The molecule has 16 heavy (non-hydrogen) atoms. The smallest absolute Gasteiger partial charge is 0.174 e. The average Bonchev–Trinajstić information content (AvgIpc) is 2.64. The molecule has 1 aromatic rings. The van der Waals surface area contributed by atoms with Gasteiger partial charge in [-0.1, -0.05) is 7.43 Å². The van der Waals surface area contributed by atoms with Gasteiger partial charge in [-0.25, -0.2) is 0 Å². The summed E-state index contributed by atoms with van der Waals surface area (Å²) < 4.78 is 0. The molecule has 1 rings (SSSR count). The third-order valence-electron chi connectivity index (χ3n) is 2.03. The zero-order valence-corrected chi connectivity index (χ0v) is 10.8. The molecule has 0 saturated heterocycles. The van der Waals surface area contributed by atoms with Crippen LogP contribution in [0.3, 0.4) is 0 Å². The first-order valence-corrected chi connectivity index (χ1v) is 7.24. The van der Waals surface area contributed by atoms with Crippen molar-refractivity contribution in [1.82, 2.24) is 5.32 Å². The van der Waals surface area contributed by atoms with Crippen molar-refractivity contribution in [1.29, 1.82) is 0 Å². The number of aryl methyl sites for hydroxylation is 1. The molecule has 0 bridgehead atoms. The Balaban J connectivity index is 0.00000225. The molecule has 0 amide bonds. The van der Waals surface area contributed by atoms with E-state index in [4.69, 9.17) is 0 Å². The monoisotopic (exact) mass is 259 g/mol. The first-order valence-electron chi connectivity index (χ1n) is 5.03. The highest BCUT2D eigenvalue weighted by Gasteiger charge is 2.06. The van der Waals surface area contributed by atoms with Crippen molar-refractivity contribution in [2.24, 2.45) is 0 Å². The number of nitrogens with one attached hydrogen (secondary N) is 1. The number of hydrogen-bond acceptors (Lipinski definition) is 4. The Morgan fingerprint density at radius 2 is 2.19 bits per heavy atom. The number of carbonyl (C=O) groups is 1. The summed E-state index contributed by atoms with van der Waals surface area (Å²) >= 11 is 3.40. The van der Waals surface area contributed by atoms with E-state index in [0.29, 0.717) is 6.42 Å². The van der Waals surface area contributed by atoms with Crippen LogP contribution in [0.1, 0.15) is 28.4 Å². The molecular weight excluding hydrogens is 238 g/mol. The van der Waals surface area contributed by atoms with Crippen LogP contribution in [-0.2, 0) is 0 Å².